The van der Waals surface area contributed by atoms with Crippen molar-refractivity contribution in [3.8, 4) is 16.9 Å². The van der Waals surface area contributed by atoms with Crippen molar-refractivity contribution in [2.24, 2.45) is 0 Å². The molecule has 0 atom stereocenters. The molecule has 5 heteroatoms. The minimum Gasteiger partial charge on any atom is -0.495 e. The molecule has 1 N–H and O–H groups in total. The van der Waals surface area contributed by atoms with Crippen LogP contribution in [0.1, 0.15) is 30.0 Å². The summed E-state index contributed by atoms with van der Waals surface area (Å²) in [4.78, 5) is 0.230. The fraction of sp³-hybridized carbons (Fsp3) is 0.250. The number of hydrogen-bond donors (Lipinski definition) is 1. The van der Waals surface area contributed by atoms with Gasteiger partial charge in [0.1, 0.15) is 5.75 Å². The molecular formula is C24H27NO3S. The maximum atomic E-state index is 13.0. The molecule has 0 unspecified atom stereocenters. The molecule has 29 heavy (non-hydrogen) atoms. The van der Waals surface area contributed by atoms with Crippen LogP contribution in [0.2, 0.25) is 0 Å². The van der Waals surface area contributed by atoms with E-state index in [9.17, 15) is 8.42 Å². The van der Waals surface area contributed by atoms with Crippen LogP contribution in [0.25, 0.3) is 11.1 Å². The first kappa shape index (κ1) is 20.9. The third kappa shape index (κ3) is 4.80. The largest absolute Gasteiger partial charge is 0.495 e. The molecule has 0 heterocycles. The molecule has 0 spiro atoms. The first-order valence-corrected chi connectivity index (χ1v) is 11.2. The van der Waals surface area contributed by atoms with Gasteiger partial charge in [0.05, 0.1) is 17.7 Å². The predicted octanol–water partition coefficient (Wildman–Crippen LogP) is 5.73. The van der Waals surface area contributed by atoms with Gasteiger partial charge in [-0.2, -0.15) is 0 Å². The molecule has 0 fully saturated rings. The van der Waals surface area contributed by atoms with Crippen molar-refractivity contribution in [2.75, 3.05) is 11.8 Å². The number of aryl methyl sites for hydroxylation is 3. The van der Waals surface area contributed by atoms with Crippen molar-refractivity contribution in [3.63, 3.8) is 0 Å². The minimum atomic E-state index is -3.74. The van der Waals surface area contributed by atoms with Gasteiger partial charge in [0.2, 0.25) is 0 Å². The van der Waals surface area contributed by atoms with Crippen molar-refractivity contribution in [1.82, 2.24) is 0 Å². The van der Waals surface area contributed by atoms with Gasteiger partial charge in [0.15, 0.2) is 0 Å². The molecule has 3 aromatic rings. The second kappa shape index (κ2) is 8.70. The van der Waals surface area contributed by atoms with Gasteiger partial charge in [0.25, 0.3) is 10.0 Å². The highest BCUT2D eigenvalue weighted by Crippen LogP contribution is 2.30. The van der Waals surface area contributed by atoms with Crippen LogP contribution in [0, 0.1) is 13.8 Å². The number of rotatable bonds is 7. The second-order valence-corrected chi connectivity index (χ2v) is 8.92. The number of sulfonamides is 1. The summed E-state index contributed by atoms with van der Waals surface area (Å²) in [6.07, 6.45) is 1.86. The molecule has 0 aliphatic carbocycles. The van der Waals surface area contributed by atoms with Gasteiger partial charge in [-0.05, 0) is 66.8 Å². The minimum absolute atomic E-state index is 0.230. The molecule has 0 saturated heterocycles. The van der Waals surface area contributed by atoms with Gasteiger partial charge in [0, 0.05) is 0 Å². The van der Waals surface area contributed by atoms with E-state index < -0.39 is 10.0 Å². The highest BCUT2D eigenvalue weighted by Gasteiger charge is 2.18. The maximum absolute atomic E-state index is 13.0. The van der Waals surface area contributed by atoms with Crippen LogP contribution in [-0.2, 0) is 16.4 Å². The topological polar surface area (TPSA) is 55.4 Å². The van der Waals surface area contributed by atoms with Gasteiger partial charge in [-0.3, -0.25) is 4.72 Å². The lowest BCUT2D eigenvalue weighted by atomic mass is 10.00. The van der Waals surface area contributed by atoms with E-state index in [1.54, 1.807) is 18.2 Å². The summed E-state index contributed by atoms with van der Waals surface area (Å²) in [5, 5.41) is 0. The third-order valence-electron chi connectivity index (χ3n) is 4.92. The van der Waals surface area contributed by atoms with Crippen molar-refractivity contribution >= 4 is 15.7 Å². The summed E-state index contributed by atoms with van der Waals surface area (Å²) < 4.78 is 34.1. The smallest absolute Gasteiger partial charge is 0.262 e. The number of nitrogens with one attached hydrogen (secondary N) is 1. The second-order valence-electron chi connectivity index (χ2n) is 7.23. The van der Waals surface area contributed by atoms with Crippen molar-refractivity contribution < 1.29 is 13.2 Å². The Morgan fingerprint density at radius 2 is 1.66 bits per heavy atom. The Labute approximate surface area is 173 Å². The lowest BCUT2D eigenvalue weighted by molar-refractivity contribution is 0.416. The van der Waals surface area contributed by atoms with Crippen LogP contribution >= 0.6 is 0 Å². The van der Waals surface area contributed by atoms with Crippen LogP contribution in [0.5, 0.6) is 5.75 Å². The number of anilines is 1. The molecule has 4 nitrogen and oxygen atoms in total. The van der Waals surface area contributed by atoms with Gasteiger partial charge in [-0.15, -0.1) is 0 Å². The Bertz CT molecular complexity index is 1100. The number of hydrogen-bond acceptors (Lipinski definition) is 3. The Balaban J connectivity index is 1.93. The molecule has 0 radical (unpaired) electrons. The molecule has 0 aromatic heterocycles. The zero-order valence-corrected chi connectivity index (χ0v) is 18.1. The lowest BCUT2D eigenvalue weighted by Gasteiger charge is -2.15. The van der Waals surface area contributed by atoms with Crippen molar-refractivity contribution in [3.05, 3.63) is 77.4 Å². The van der Waals surface area contributed by atoms with E-state index in [0.717, 1.165) is 35.1 Å². The van der Waals surface area contributed by atoms with E-state index in [2.05, 4.69) is 23.8 Å². The Morgan fingerprint density at radius 1 is 0.931 bits per heavy atom. The van der Waals surface area contributed by atoms with Gasteiger partial charge < -0.3 is 4.74 Å². The van der Waals surface area contributed by atoms with E-state index in [1.165, 1.54) is 12.7 Å². The molecule has 3 aromatic carbocycles. The number of benzene rings is 3. The third-order valence-corrected chi connectivity index (χ3v) is 6.28. The lowest BCUT2D eigenvalue weighted by Crippen LogP contribution is -2.14. The fourth-order valence-electron chi connectivity index (χ4n) is 3.34. The van der Waals surface area contributed by atoms with Gasteiger partial charge in [-0.1, -0.05) is 55.3 Å². The quantitative estimate of drug-likeness (QED) is 0.542. The van der Waals surface area contributed by atoms with Crippen LogP contribution in [0.4, 0.5) is 5.69 Å². The van der Waals surface area contributed by atoms with E-state index in [4.69, 9.17) is 4.74 Å². The summed E-state index contributed by atoms with van der Waals surface area (Å²) in [5.41, 5.74) is 5.71. The van der Waals surface area contributed by atoms with Gasteiger partial charge >= 0.3 is 0 Å². The van der Waals surface area contributed by atoms with E-state index in [1.807, 2.05) is 44.2 Å². The normalized spacial score (nSPS) is 11.3. The molecular weight excluding hydrogens is 382 g/mol. The molecule has 0 bridgehead atoms. The summed E-state index contributed by atoms with van der Waals surface area (Å²) >= 11 is 0. The van der Waals surface area contributed by atoms with E-state index in [-0.39, 0.29) is 4.90 Å². The first-order chi connectivity index (χ1) is 13.8. The highest BCUT2D eigenvalue weighted by molar-refractivity contribution is 7.92. The Hall–Kier alpha value is -2.79. The van der Waals surface area contributed by atoms with Crippen LogP contribution in [-0.4, -0.2) is 15.5 Å². The monoisotopic (exact) mass is 409 g/mol. The molecule has 152 valence electrons. The SMILES string of the molecule is CCCc1ccc(OC)c(NS(=O)(=O)c2ccc(-c3ccc(C)cc3)c(C)c2)c1. The zero-order chi connectivity index (χ0) is 21.0. The van der Waals surface area contributed by atoms with E-state index in [0.29, 0.717) is 11.4 Å². The number of methoxy groups -OCH3 is 1. The fourth-order valence-corrected chi connectivity index (χ4v) is 4.49. The van der Waals surface area contributed by atoms with Crippen LogP contribution in [0.3, 0.4) is 0 Å². The maximum Gasteiger partial charge on any atom is 0.262 e. The molecule has 0 amide bonds. The average Bonchev–Trinajstić information content (AvgIpc) is 2.69. The highest BCUT2D eigenvalue weighted by atomic mass is 32.2. The van der Waals surface area contributed by atoms with Crippen molar-refractivity contribution in [1.29, 1.82) is 0 Å². The standard InChI is InChI=1S/C24H27NO3S/c1-5-6-19-9-14-24(28-4)23(16-19)25-29(26,27)21-12-13-22(18(3)15-21)20-10-7-17(2)8-11-20/h7-16,25H,5-6H2,1-4H3. The summed E-state index contributed by atoms with van der Waals surface area (Å²) in [5.74, 6) is 0.501. The Morgan fingerprint density at radius 3 is 2.28 bits per heavy atom. The molecule has 3 rings (SSSR count). The predicted molar refractivity (Wildman–Crippen MR) is 119 cm³/mol. The molecule has 0 saturated carbocycles. The molecule has 0 aliphatic rings. The summed E-state index contributed by atoms with van der Waals surface area (Å²) in [6.45, 7) is 6.06. The zero-order valence-electron chi connectivity index (χ0n) is 17.3. The Kier molecular flexibility index (Phi) is 6.28. The number of ether oxygens (including phenoxy) is 1. The summed E-state index contributed by atoms with van der Waals surface area (Å²) in [7, 11) is -2.20. The molecule has 0 aliphatic heterocycles. The van der Waals surface area contributed by atoms with Crippen molar-refractivity contribution in [2.45, 2.75) is 38.5 Å². The van der Waals surface area contributed by atoms with Crippen LogP contribution < -0.4 is 9.46 Å². The van der Waals surface area contributed by atoms with Gasteiger partial charge in [-0.25, -0.2) is 8.42 Å². The first-order valence-electron chi connectivity index (χ1n) is 9.71. The summed E-state index contributed by atoms with van der Waals surface area (Å²) in [6, 6.07) is 19.0. The average molecular weight is 410 g/mol. The van der Waals surface area contributed by atoms with E-state index >= 15 is 0 Å². The van der Waals surface area contributed by atoms with Crippen LogP contribution in [0.15, 0.2) is 65.6 Å².